The van der Waals surface area contributed by atoms with Crippen LogP contribution in [0, 0.1) is 0 Å². The molecule has 1 fully saturated rings. The minimum atomic E-state index is -0.0119. The molecule has 0 aliphatic heterocycles. The minimum Gasteiger partial charge on any atom is -0.397 e. The highest BCUT2D eigenvalue weighted by molar-refractivity contribution is 5.93. The Bertz CT molecular complexity index is 596. The summed E-state index contributed by atoms with van der Waals surface area (Å²) in [6.07, 6.45) is 7.40. The second-order valence-electron chi connectivity index (χ2n) is 4.97. The lowest BCUT2D eigenvalue weighted by Crippen LogP contribution is -2.33. The average Bonchev–Trinajstić information content (AvgIpc) is 3.01. The first-order valence-corrected chi connectivity index (χ1v) is 6.36. The predicted octanol–water partition coefficient (Wildman–Crippen LogP) is 1.14. The summed E-state index contributed by atoms with van der Waals surface area (Å²) in [6.45, 7) is 0.534. The fourth-order valence-corrected chi connectivity index (χ4v) is 2.14. The molecule has 1 aliphatic rings. The van der Waals surface area contributed by atoms with Gasteiger partial charge in [-0.2, -0.15) is 0 Å². The van der Waals surface area contributed by atoms with E-state index in [0.717, 1.165) is 18.7 Å². The number of aromatic nitrogens is 3. The first-order valence-electron chi connectivity index (χ1n) is 6.36. The number of nitrogen functional groups attached to an aromatic ring is 1. The van der Waals surface area contributed by atoms with E-state index in [1.165, 1.54) is 0 Å². The number of carbonyl (C=O) groups is 1. The van der Waals surface area contributed by atoms with Gasteiger partial charge in [-0.25, -0.2) is 4.98 Å². The Balaban J connectivity index is 1.81. The lowest BCUT2D eigenvalue weighted by atomic mass is 10.3. The van der Waals surface area contributed by atoms with Gasteiger partial charge in [0, 0.05) is 37.4 Å². The van der Waals surface area contributed by atoms with E-state index in [1.54, 1.807) is 18.5 Å². The Morgan fingerprint density at radius 2 is 2.42 bits per heavy atom. The van der Waals surface area contributed by atoms with Crippen molar-refractivity contribution in [2.24, 2.45) is 7.05 Å². The van der Waals surface area contributed by atoms with Crippen molar-refractivity contribution in [2.75, 3.05) is 5.73 Å². The van der Waals surface area contributed by atoms with Crippen LogP contribution in [0.4, 0.5) is 5.69 Å². The molecule has 2 aromatic heterocycles. The molecule has 0 spiro atoms. The third kappa shape index (κ3) is 2.33. The topological polar surface area (TPSA) is 79.9 Å². The largest absolute Gasteiger partial charge is 0.397 e. The molecule has 2 heterocycles. The number of imidazole rings is 1. The number of aromatic amines is 1. The van der Waals surface area contributed by atoms with Crippen molar-refractivity contribution in [3.63, 3.8) is 0 Å². The Labute approximate surface area is 111 Å². The van der Waals surface area contributed by atoms with Gasteiger partial charge in [-0.05, 0) is 18.9 Å². The van der Waals surface area contributed by atoms with Crippen molar-refractivity contribution in [1.29, 1.82) is 0 Å². The quantitative estimate of drug-likeness (QED) is 0.864. The van der Waals surface area contributed by atoms with Gasteiger partial charge in [-0.1, -0.05) is 0 Å². The number of nitrogens with zero attached hydrogens (tertiary/aromatic N) is 3. The third-order valence-corrected chi connectivity index (χ3v) is 3.42. The minimum absolute atomic E-state index is 0.0119. The van der Waals surface area contributed by atoms with Crippen molar-refractivity contribution < 1.29 is 4.79 Å². The highest BCUT2D eigenvalue weighted by Gasteiger charge is 2.34. The molecular formula is C13H17N5O. The van der Waals surface area contributed by atoms with Crippen molar-refractivity contribution in [3.8, 4) is 0 Å². The van der Waals surface area contributed by atoms with Crippen LogP contribution in [0.25, 0.3) is 0 Å². The second kappa shape index (κ2) is 4.46. The van der Waals surface area contributed by atoms with Crippen LogP contribution in [0.1, 0.15) is 29.2 Å². The summed E-state index contributed by atoms with van der Waals surface area (Å²) in [5.74, 6) is 0.877. The van der Waals surface area contributed by atoms with Crippen LogP contribution < -0.4 is 5.73 Å². The predicted molar refractivity (Wildman–Crippen MR) is 71.3 cm³/mol. The van der Waals surface area contributed by atoms with Gasteiger partial charge in [-0.15, -0.1) is 0 Å². The molecule has 3 rings (SSSR count). The first kappa shape index (κ1) is 11.8. The molecule has 0 saturated heterocycles. The van der Waals surface area contributed by atoms with Gasteiger partial charge in [0.25, 0.3) is 5.91 Å². The van der Waals surface area contributed by atoms with Crippen LogP contribution in [0.3, 0.4) is 0 Å². The summed E-state index contributed by atoms with van der Waals surface area (Å²) in [7, 11) is 1.94. The summed E-state index contributed by atoms with van der Waals surface area (Å²) in [5.41, 5.74) is 6.77. The van der Waals surface area contributed by atoms with E-state index in [4.69, 9.17) is 5.73 Å². The fourth-order valence-electron chi connectivity index (χ4n) is 2.14. The smallest absolute Gasteiger partial charge is 0.271 e. The number of H-pyrrole nitrogens is 1. The third-order valence-electron chi connectivity index (χ3n) is 3.42. The zero-order valence-electron chi connectivity index (χ0n) is 10.8. The highest BCUT2D eigenvalue weighted by Crippen LogP contribution is 2.29. The molecule has 1 saturated carbocycles. The van der Waals surface area contributed by atoms with Crippen LogP contribution in [-0.4, -0.2) is 31.4 Å². The Hall–Kier alpha value is -2.24. The van der Waals surface area contributed by atoms with Gasteiger partial charge in [0.2, 0.25) is 0 Å². The van der Waals surface area contributed by atoms with Crippen LogP contribution in [0.2, 0.25) is 0 Å². The van der Waals surface area contributed by atoms with Gasteiger partial charge in [-0.3, -0.25) is 4.79 Å². The molecule has 100 valence electrons. The number of rotatable bonds is 4. The van der Waals surface area contributed by atoms with Crippen molar-refractivity contribution in [1.82, 2.24) is 19.4 Å². The lowest BCUT2D eigenvalue weighted by Gasteiger charge is -2.21. The SMILES string of the molecule is Cn1ccnc1CN(C(=O)c1cc(N)c[nH]1)C1CC1. The van der Waals surface area contributed by atoms with E-state index < -0.39 is 0 Å². The number of nitrogens with one attached hydrogen (secondary N) is 1. The van der Waals surface area contributed by atoms with E-state index in [2.05, 4.69) is 9.97 Å². The Morgan fingerprint density at radius 1 is 1.63 bits per heavy atom. The monoisotopic (exact) mass is 259 g/mol. The maximum Gasteiger partial charge on any atom is 0.271 e. The molecule has 0 atom stereocenters. The number of nitrogens with two attached hydrogens (primary N) is 1. The highest BCUT2D eigenvalue weighted by atomic mass is 16.2. The van der Waals surface area contributed by atoms with Gasteiger partial charge in [0.15, 0.2) is 0 Å². The van der Waals surface area contributed by atoms with E-state index in [-0.39, 0.29) is 5.91 Å². The Kier molecular flexibility index (Phi) is 2.77. The summed E-state index contributed by atoms with van der Waals surface area (Å²) >= 11 is 0. The molecule has 2 aromatic rings. The lowest BCUT2D eigenvalue weighted by molar-refractivity contribution is 0.0718. The van der Waals surface area contributed by atoms with Crippen LogP contribution in [-0.2, 0) is 13.6 Å². The maximum absolute atomic E-state index is 12.5. The zero-order chi connectivity index (χ0) is 13.4. The van der Waals surface area contributed by atoms with Crippen LogP contribution in [0.5, 0.6) is 0 Å². The standard InChI is InChI=1S/C13H17N5O/c1-17-5-4-15-12(17)8-18(10-2-3-10)13(19)11-6-9(14)7-16-11/h4-7,10,16H,2-3,8,14H2,1H3. The summed E-state index contributed by atoms with van der Waals surface area (Å²) in [6, 6.07) is 2.00. The van der Waals surface area contributed by atoms with E-state index in [1.807, 2.05) is 22.7 Å². The molecule has 3 N–H and O–H groups in total. The van der Waals surface area contributed by atoms with Gasteiger partial charge in [0.1, 0.15) is 11.5 Å². The van der Waals surface area contributed by atoms with Crippen molar-refractivity contribution in [2.45, 2.75) is 25.4 Å². The van der Waals surface area contributed by atoms with Crippen molar-refractivity contribution >= 4 is 11.6 Å². The summed E-state index contributed by atoms with van der Waals surface area (Å²) in [5, 5.41) is 0. The van der Waals surface area contributed by atoms with Gasteiger partial charge < -0.3 is 20.2 Å². The molecule has 1 aliphatic carbocycles. The number of amides is 1. The number of carbonyl (C=O) groups excluding carboxylic acids is 1. The molecule has 0 bridgehead atoms. The molecular weight excluding hydrogens is 242 g/mol. The van der Waals surface area contributed by atoms with Crippen LogP contribution >= 0.6 is 0 Å². The maximum atomic E-state index is 12.5. The molecule has 6 heteroatoms. The zero-order valence-corrected chi connectivity index (χ0v) is 10.8. The Morgan fingerprint density at radius 3 is 2.95 bits per heavy atom. The number of hydrogen-bond donors (Lipinski definition) is 2. The molecule has 6 nitrogen and oxygen atoms in total. The molecule has 0 unspecified atom stereocenters. The number of aryl methyl sites for hydroxylation is 1. The fraction of sp³-hybridized carbons (Fsp3) is 0.385. The average molecular weight is 259 g/mol. The van der Waals surface area contributed by atoms with E-state index >= 15 is 0 Å². The first-order chi connectivity index (χ1) is 9.15. The number of anilines is 1. The molecule has 1 amide bonds. The van der Waals surface area contributed by atoms with Crippen LogP contribution in [0.15, 0.2) is 24.7 Å². The summed E-state index contributed by atoms with van der Waals surface area (Å²) < 4.78 is 1.94. The van der Waals surface area contributed by atoms with E-state index in [9.17, 15) is 4.79 Å². The molecule has 0 radical (unpaired) electrons. The van der Waals surface area contributed by atoms with E-state index in [0.29, 0.717) is 24.0 Å². The van der Waals surface area contributed by atoms with Crippen molar-refractivity contribution in [3.05, 3.63) is 36.2 Å². The number of hydrogen-bond acceptors (Lipinski definition) is 3. The summed E-state index contributed by atoms with van der Waals surface area (Å²) in [4.78, 5) is 21.5. The molecule has 19 heavy (non-hydrogen) atoms. The van der Waals surface area contributed by atoms with Gasteiger partial charge >= 0.3 is 0 Å². The second-order valence-corrected chi connectivity index (χ2v) is 4.97. The van der Waals surface area contributed by atoms with Gasteiger partial charge in [0.05, 0.1) is 6.54 Å². The molecule has 0 aromatic carbocycles. The normalized spacial score (nSPS) is 14.6.